The highest BCUT2D eigenvalue weighted by molar-refractivity contribution is 6.31. The zero-order chi connectivity index (χ0) is 14.3. The van der Waals surface area contributed by atoms with Crippen LogP contribution < -0.4 is 0 Å². The van der Waals surface area contributed by atoms with E-state index >= 15 is 0 Å². The molecule has 0 bridgehead atoms. The quantitative estimate of drug-likeness (QED) is 0.793. The summed E-state index contributed by atoms with van der Waals surface area (Å²) in [7, 11) is 1.73. The van der Waals surface area contributed by atoms with Gasteiger partial charge >= 0.3 is 0 Å². The van der Waals surface area contributed by atoms with Crippen molar-refractivity contribution in [3.8, 4) is 0 Å². The van der Waals surface area contributed by atoms with E-state index in [0.717, 1.165) is 24.8 Å². The van der Waals surface area contributed by atoms with E-state index in [0.29, 0.717) is 17.9 Å². The number of alkyl halides is 1. The Morgan fingerprint density at radius 2 is 2.20 bits per heavy atom. The molecule has 0 atom stereocenters. The summed E-state index contributed by atoms with van der Waals surface area (Å²) in [5.74, 6) is 0.523. The van der Waals surface area contributed by atoms with Gasteiger partial charge in [-0.25, -0.2) is 9.37 Å². The molecule has 1 heterocycles. The Morgan fingerprint density at radius 1 is 1.45 bits per heavy atom. The number of aromatic nitrogens is 2. The molecule has 2 aromatic rings. The molecule has 20 heavy (non-hydrogen) atoms. The van der Waals surface area contributed by atoms with E-state index < -0.39 is 5.82 Å². The molecule has 0 amide bonds. The second-order valence-corrected chi connectivity index (χ2v) is 5.92. The predicted molar refractivity (Wildman–Crippen MR) is 77.8 cm³/mol. The lowest BCUT2D eigenvalue weighted by Crippen LogP contribution is -2.43. The molecule has 1 aromatic heterocycles. The van der Waals surface area contributed by atoms with E-state index in [1.165, 1.54) is 6.07 Å². The summed E-state index contributed by atoms with van der Waals surface area (Å²) in [6, 6.07) is 2.96. The number of fused-ring (bicyclic) bond motifs is 1. The maximum Gasteiger partial charge on any atom is 0.144 e. The molecule has 0 radical (unpaired) electrons. The molecule has 1 aliphatic carbocycles. The van der Waals surface area contributed by atoms with E-state index in [2.05, 4.69) is 4.98 Å². The Hall–Kier alpha value is -0.840. The van der Waals surface area contributed by atoms with E-state index in [-0.39, 0.29) is 16.5 Å². The van der Waals surface area contributed by atoms with Gasteiger partial charge in [0, 0.05) is 13.2 Å². The number of imidazole rings is 1. The number of rotatable bonds is 4. The number of hydrogen-bond acceptors (Lipinski definition) is 2. The Kier molecular flexibility index (Phi) is 3.65. The van der Waals surface area contributed by atoms with Gasteiger partial charge in [-0.2, -0.15) is 0 Å². The summed E-state index contributed by atoms with van der Waals surface area (Å²) in [5.41, 5.74) is 1.22. The minimum Gasteiger partial charge on any atom is -0.376 e. The summed E-state index contributed by atoms with van der Waals surface area (Å²) in [6.45, 7) is 0.671. The lowest BCUT2D eigenvalue weighted by molar-refractivity contribution is -0.0831. The van der Waals surface area contributed by atoms with Gasteiger partial charge in [-0.1, -0.05) is 11.6 Å². The number of nitrogens with zero attached hydrogens (tertiary/aromatic N) is 2. The van der Waals surface area contributed by atoms with E-state index in [1.54, 1.807) is 13.2 Å². The molecule has 3 rings (SSSR count). The zero-order valence-corrected chi connectivity index (χ0v) is 12.6. The van der Waals surface area contributed by atoms with Gasteiger partial charge in [0.1, 0.15) is 11.6 Å². The van der Waals surface area contributed by atoms with E-state index in [9.17, 15) is 4.39 Å². The minimum atomic E-state index is -0.463. The van der Waals surface area contributed by atoms with Crippen LogP contribution in [0.25, 0.3) is 11.0 Å². The maximum atomic E-state index is 13.5. The number of ether oxygens (including phenoxy) is 1. The Morgan fingerprint density at radius 3 is 2.75 bits per heavy atom. The number of benzene rings is 1. The summed E-state index contributed by atoms with van der Waals surface area (Å²) < 4.78 is 21.2. The third-order valence-electron chi connectivity index (χ3n) is 4.13. The fourth-order valence-electron chi connectivity index (χ4n) is 2.73. The van der Waals surface area contributed by atoms with Crippen LogP contribution in [-0.2, 0) is 17.2 Å². The fraction of sp³-hybridized carbons (Fsp3) is 0.500. The summed E-state index contributed by atoms with van der Waals surface area (Å²) >= 11 is 11.9. The highest BCUT2D eigenvalue weighted by atomic mass is 35.5. The first-order valence-electron chi connectivity index (χ1n) is 6.54. The standard InChI is InChI=1S/C14H15Cl2FN2O/c1-20-14(3-2-4-14)8-19-12-5-9(16)10(17)6-11(12)18-13(19)7-15/h5-6H,2-4,7-8H2,1H3. The van der Waals surface area contributed by atoms with Crippen molar-refractivity contribution in [3.63, 3.8) is 0 Å². The van der Waals surface area contributed by atoms with Crippen molar-refractivity contribution in [2.24, 2.45) is 0 Å². The predicted octanol–water partition coefficient (Wildman–Crippen LogP) is 4.14. The monoisotopic (exact) mass is 316 g/mol. The van der Waals surface area contributed by atoms with E-state index in [4.69, 9.17) is 27.9 Å². The topological polar surface area (TPSA) is 27.1 Å². The molecule has 0 saturated heterocycles. The van der Waals surface area contributed by atoms with E-state index in [1.807, 2.05) is 4.57 Å². The van der Waals surface area contributed by atoms with Crippen molar-refractivity contribution in [2.75, 3.05) is 7.11 Å². The fourth-order valence-corrected chi connectivity index (χ4v) is 3.10. The molecule has 1 aromatic carbocycles. The van der Waals surface area contributed by atoms with Crippen LogP contribution in [0.15, 0.2) is 12.1 Å². The van der Waals surface area contributed by atoms with Crippen LogP contribution in [0.5, 0.6) is 0 Å². The molecule has 0 aliphatic heterocycles. The summed E-state index contributed by atoms with van der Waals surface area (Å²) in [4.78, 5) is 4.39. The largest absolute Gasteiger partial charge is 0.376 e. The normalized spacial score (nSPS) is 17.4. The first-order valence-corrected chi connectivity index (χ1v) is 7.45. The van der Waals surface area contributed by atoms with Crippen molar-refractivity contribution in [1.29, 1.82) is 0 Å². The molecular formula is C14H15Cl2FN2O. The Bertz CT molecular complexity index is 647. The Balaban J connectivity index is 2.10. The van der Waals surface area contributed by atoms with Gasteiger partial charge in [-0.3, -0.25) is 0 Å². The Labute approximate surface area is 126 Å². The van der Waals surface area contributed by atoms with Gasteiger partial charge in [0.15, 0.2) is 0 Å². The van der Waals surface area contributed by atoms with Crippen LogP contribution >= 0.6 is 23.2 Å². The lowest BCUT2D eigenvalue weighted by Gasteiger charge is -2.41. The van der Waals surface area contributed by atoms with Crippen LogP contribution in [0.2, 0.25) is 5.02 Å². The average molecular weight is 317 g/mol. The number of methoxy groups -OCH3 is 1. The smallest absolute Gasteiger partial charge is 0.144 e. The SMILES string of the molecule is COC1(Cn2c(CCl)nc3cc(F)c(Cl)cc32)CCC1. The second-order valence-electron chi connectivity index (χ2n) is 5.24. The molecule has 3 nitrogen and oxygen atoms in total. The van der Waals surface area contributed by atoms with Gasteiger partial charge in [0.25, 0.3) is 0 Å². The molecule has 0 unspecified atom stereocenters. The van der Waals surface area contributed by atoms with Crippen LogP contribution in [0.4, 0.5) is 4.39 Å². The summed E-state index contributed by atoms with van der Waals surface area (Å²) in [5, 5.41) is 0.0971. The molecule has 0 spiro atoms. The third kappa shape index (κ3) is 2.20. The first kappa shape index (κ1) is 14.1. The number of halogens is 3. The van der Waals surface area contributed by atoms with Crippen LogP contribution in [0.3, 0.4) is 0 Å². The number of hydrogen-bond donors (Lipinski definition) is 0. The van der Waals surface area contributed by atoms with Crippen molar-refractivity contribution in [1.82, 2.24) is 9.55 Å². The van der Waals surface area contributed by atoms with Gasteiger partial charge in [0.05, 0.1) is 34.1 Å². The summed E-state index contributed by atoms with van der Waals surface area (Å²) in [6.07, 6.45) is 3.19. The third-order valence-corrected chi connectivity index (χ3v) is 4.66. The van der Waals surface area contributed by atoms with Gasteiger partial charge < -0.3 is 9.30 Å². The first-order chi connectivity index (χ1) is 9.58. The zero-order valence-electron chi connectivity index (χ0n) is 11.1. The molecule has 1 fully saturated rings. The van der Waals surface area contributed by atoms with Crippen molar-refractivity contribution in [3.05, 3.63) is 28.8 Å². The molecule has 108 valence electrons. The lowest BCUT2D eigenvalue weighted by atomic mass is 9.80. The molecule has 0 N–H and O–H groups in total. The van der Waals surface area contributed by atoms with Crippen LogP contribution in [0.1, 0.15) is 25.1 Å². The van der Waals surface area contributed by atoms with Crippen LogP contribution in [0, 0.1) is 5.82 Å². The highest BCUT2D eigenvalue weighted by Crippen LogP contribution is 2.38. The van der Waals surface area contributed by atoms with Crippen molar-refractivity contribution in [2.45, 2.75) is 37.3 Å². The van der Waals surface area contributed by atoms with Crippen molar-refractivity contribution < 1.29 is 9.13 Å². The van der Waals surface area contributed by atoms with Gasteiger partial charge in [-0.15, -0.1) is 11.6 Å². The molecule has 1 saturated carbocycles. The minimum absolute atomic E-state index is 0.0971. The molecular weight excluding hydrogens is 302 g/mol. The average Bonchev–Trinajstić information content (AvgIpc) is 2.72. The second kappa shape index (κ2) is 5.17. The maximum absolute atomic E-state index is 13.5. The molecule has 6 heteroatoms. The van der Waals surface area contributed by atoms with Gasteiger partial charge in [0.2, 0.25) is 0 Å². The molecule has 1 aliphatic rings. The van der Waals surface area contributed by atoms with Gasteiger partial charge in [-0.05, 0) is 25.3 Å². The van der Waals surface area contributed by atoms with Crippen LogP contribution in [-0.4, -0.2) is 22.3 Å². The van der Waals surface area contributed by atoms with Crippen molar-refractivity contribution >= 4 is 34.2 Å². The highest BCUT2D eigenvalue weighted by Gasteiger charge is 2.38.